The quantitative estimate of drug-likeness (QED) is 0.830. The van der Waals surface area contributed by atoms with Crippen molar-refractivity contribution in [2.45, 2.75) is 26.4 Å². The van der Waals surface area contributed by atoms with E-state index in [-0.39, 0.29) is 17.9 Å². The van der Waals surface area contributed by atoms with Crippen LogP contribution in [0.25, 0.3) is 0 Å². The number of halogens is 1. The molecular weight excluding hydrogens is 284 g/mol. The molecule has 0 spiro atoms. The molecule has 0 radical (unpaired) electrons. The Balaban J connectivity index is 2.06. The van der Waals surface area contributed by atoms with Crippen LogP contribution in [0.5, 0.6) is 0 Å². The number of benzene rings is 1. The molecule has 1 aliphatic heterocycles. The van der Waals surface area contributed by atoms with Crippen molar-refractivity contribution in [3.05, 3.63) is 58.9 Å². The van der Waals surface area contributed by atoms with Gasteiger partial charge in [0.2, 0.25) is 5.91 Å². The number of carbonyl (C=O) groups is 1. The van der Waals surface area contributed by atoms with Gasteiger partial charge in [-0.15, -0.1) is 0 Å². The Morgan fingerprint density at radius 1 is 1.19 bits per heavy atom. The normalized spacial score (nSPS) is 17.9. The third-order valence-electron chi connectivity index (χ3n) is 4.00. The predicted molar refractivity (Wildman–Crippen MR) is 84.3 cm³/mol. The molecule has 1 amide bonds. The van der Waals surface area contributed by atoms with Crippen LogP contribution in [0.4, 0.5) is 0 Å². The summed E-state index contributed by atoms with van der Waals surface area (Å²) in [6.07, 6.45) is 2.08. The first kappa shape index (κ1) is 14.2. The van der Waals surface area contributed by atoms with E-state index in [4.69, 9.17) is 11.6 Å². The lowest BCUT2D eigenvalue weighted by atomic mass is 9.98. The topological polar surface area (TPSA) is 25.2 Å². The molecule has 0 bridgehead atoms. The van der Waals surface area contributed by atoms with E-state index in [1.807, 2.05) is 49.1 Å². The predicted octanol–water partition coefficient (Wildman–Crippen LogP) is 3.73. The van der Waals surface area contributed by atoms with Gasteiger partial charge in [0.15, 0.2) is 0 Å². The summed E-state index contributed by atoms with van der Waals surface area (Å²) < 4.78 is 2.23. The number of hydrogen-bond acceptors (Lipinski definition) is 1. The van der Waals surface area contributed by atoms with Crippen molar-refractivity contribution in [1.82, 2.24) is 9.47 Å². The van der Waals surface area contributed by atoms with Gasteiger partial charge >= 0.3 is 0 Å². The molecule has 1 atom stereocenters. The highest BCUT2D eigenvalue weighted by Crippen LogP contribution is 2.33. The molecule has 4 heteroatoms. The molecule has 2 heterocycles. The highest BCUT2D eigenvalue weighted by Gasteiger charge is 2.32. The van der Waals surface area contributed by atoms with Gasteiger partial charge in [0, 0.05) is 35.9 Å². The smallest absolute Gasteiger partial charge is 0.226 e. The van der Waals surface area contributed by atoms with Crippen molar-refractivity contribution in [2.24, 2.45) is 5.92 Å². The molecule has 0 fully saturated rings. The minimum absolute atomic E-state index is 0.00122. The van der Waals surface area contributed by atoms with Gasteiger partial charge in [0.1, 0.15) is 0 Å². The highest BCUT2D eigenvalue weighted by molar-refractivity contribution is 6.30. The fourth-order valence-corrected chi connectivity index (χ4v) is 3.07. The Bertz CT molecular complexity index is 645. The summed E-state index contributed by atoms with van der Waals surface area (Å²) in [5.74, 6) is 0.198. The molecule has 0 aliphatic carbocycles. The van der Waals surface area contributed by atoms with Gasteiger partial charge in [0.05, 0.1) is 6.04 Å². The van der Waals surface area contributed by atoms with Crippen LogP contribution in [0.15, 0.2) is 42.6 Å². The number of fused-ring (bicyclic) bond motifs is 1. The van der Waals surface area contributed by atoms with E-state index < -0.39 is 0 Å². The molecule has 3 nitrogen and oxygen atoms in total. The summed E-state index contributed by atoms with van der Waals surface area (Å²) in [4.78, 5) is 14.6. The summed E-state index contributed by atoms with van der Waals surface area (Å²) >= 11 is 5.99. The Labute approximate surface area is 130 Å². The van der Waals surface area contributed by atoms with E-state index in [0.29, 0.717) is 5.02 Å². The fraction of sp³-hybridized carbons (Fsp3) is 0.353. The van der Waals surface area contributed by atoms with Crippen LogP contribution in [-0.2, 0) is 11.3 Å². The third-order valence-corrected chi connectivity index (χ3v) is 4.25. The van der Waals surface area contributed by atoms with Gasteiger partial charge in [-0.2, -0.15) is 0 Å². The van der Waals surface area contributed by atoms with Gasteiger partial charge in [-0.3, -0.25) is 4.79 Å². The molecule has 21 heavy (non-hydrogen) atoms. The van der Waals surface area contributed by atoms with Gasteiger partial charge < -0.3 is 9.47 Å². The molecular formula is C17H19ClN2O. The first-order valence-electron chi connectivity index (χ1n) is 7.29. The molecule has 1 aliphatic rings. The largest absolute Gasteiger partial charge is 0.348 e. The number of carbonyl (C=O) groups excluding carboxylic acids is 1. The lowest BCUT2D eigenvalue weighted by molar-refractivity contribution is -0.137. The maximum Gasteiger partial charge on any atom is 0.226 e. The zero-order chi connectivity index (χ0) is 15.0. The fourth-order valence-electron chi connectivity index (χ4n) is 2.95. The SMILES string of the molecule is CC(C)C(=O)N1CCn2cccc2C1c1ccc(Cl)cc1. The molecule has 2 aromatic rings. The number of amides is 1. The second-order valence-electron chi connectivity index (χ2n) is 5.77. The maximum atomic E-state index is 12.6. The van der Waals surface area contributed by atoms with E-state index in [1.165, 1.54) is 0 Å². The van der Waals surface area contributed by atoms with Crippen LogP contribution in [0, 0.1) is 5.92 Å². The van der Waals surface area contributed by atoms with Gasteiger partial charge in [-0.1, -0.05) is 37.6 Å². The van der Waals surface area contributed by atoms with Crippen molar-refractivity contribution < 1.29 is 4.79 Å². The highest BCUT2D eigenvalue weighted by atomic mass is 35.5. The van der Waals surface area contributed by atoms with Crippen LogP contribution < -0.4 is 0 Å². The molecule has 0 N–H and O–H groups in total. The van der Waals surface area contributed by atoms with Crippen molar-refractivity contribution in [1.29, 1.82) is 0 Å². The van der Waals surface area contributed by atoms with Crippen LogP contribution in [0.2, 0.25) is 5.02 Å². The Hall–Kier alpha value is -1.74. The summed E-state index contributed by atoms with van der Waals surface area (Å²) in [6.45, 7) is 5.50. The van der Waals surface area contributed by atoms with E-state index in [1.54, 1.807) is 0 Å². The second-order valence-corrected chi connectivity index (χ2v) is 6.20. The summed E-state index contributed by atoms with van der Waals surface area (Å²) in [6, 6.07) is 11.9. The average Bonchev–Trinajstić information content (AvgIpc) is 2.94. The molecule has 1 aromatic carbocycles. The van der Waals surface area contributed by atoms with E-state index in [0.717, 1.165) is 24.3 Å². The third kappa shape index (κ3) is 2.58. The first-order valence-corrected chi connectivity index (χ1v) is 7.66. The lowest BCUT2D eigenvalue weighted by Gasteiger charge is -2.38. The number of nitrogens with zero attached hydrogens (tertiary/aromatic N) is 2. The van der Waals surface area contributed by atoms with E-state index >= 15 is 0 Å². The Morgan fingerprint density at radius 2 is 1.90 bits per heavy atom. The summed E-state index contributed by atoms with van der Waals surface area (Å²) in [5, 5.41) is 0.715. The number of rotatable bonds is 2. The van der Waals surface area contributed by atoms with Gasteiger partial charge in [-0.05, 0) is 29.8 Å². The minimum Gasteiger partial charge on any atom is -0.348 e. The van der Waals surface area contributed by atoms with Crippen molar-refractivity contribution in [2.75, 3.05) is 6.54 Å². The monoisotopic (exact) mass is 302 g/mol. The molecule has 3 rings (SSSR count). The summed E-state index contributed by atoms with van der Waals surface area (Å²) in [5.41, 5.74) is 2.27. The van der Waals surface area contributed by atoms with Gasteiger partial charge in [-0.25, -0.2) is 0 Å². The van der Waals surface area contributed by atoms with Gasteiger partial charge in [0.25, 0.3) is 0 Å². The van der Waals surface area contributed by atoms with Crippen LogP contribution in [0.1, 0.15) is 31.1 Å². The Morgan fingerprint density at radius 3 is 2.57 bits per heavy atom. The Kier molecular flexibility index (Phi) is 3.77. The number of aromatic nitrogens is 1. The molecule has 110 valence electrons. The van der Waals surface area contributed by atoms with E-state index in [2.05, 4.69) is 16.8 Å². The standard InChI is InChI=1S/C17H19ClN2O/c1-12(2)17(21)20-11-10-19-9-3-4-15(19)16(20)13-5-7-14(18)8-6-13/h3-9,12,16H,10-11H2,1-2H3. The average molecular weight is 303 g/mol. The molecule has 0 saturated heterocycles. The maximum absolute atomic E-state index is 12.6. The second kappa shape index (κ2) is 5.57. The minimum atomic E-state index is -0.0269. The zero-order valence-electron chi connectivity index (χ0n) is 12.3. The zero-order valence-corrected chi connectivity index (χ0v) is 13.0. The van der Waals surface area contributed by atoms with Crippen molar-refractivity contribution >= 4 is 17.5 Å². The first-order chi connectivity index (χ1) is 10.1. The molecule has 1 unspecified atom stereocenters. The number of hydrogen-bond donors (Lipinski definition) is 0. The van der Waals surface area contributed by atoms with E-state index in [9.17, 15) is 4.79 Å². The van der Waals surface area contributed by atoms with Crippen LogP contribution in [-0.4, -0.2) is 21.9 Å². The van der Waals surface area contributed by atoms with Crippen LogP contribution in [0.3, 0.4) is 0 Å². The summed E-state index contributed by atoms with van der Waals surface area (Å²) in [7, 11) is 0. The van der Waals surface area contributed by atoms with Crippen LogP contribution >= 0.6 is 11.6 Å². The van der Waals surface area contributed by atoms with Crippen molar-refractivity contribution in [3.8, 4) is 0 Å². The molecule has 1 aromatic heterocycles. The molecule has 0 saturated carbocycles. The lowest BCUT2D eigenvalue weighted by Crippen LogP contribution is -2.44. The van der Waals surface area contributed by atoms with Crippen molar-refractivity contribution in [3.63, 3.8) is 0 Å².